The fourth-order valence-electron chi connectivity index (χ4n) is 2.59. The van der Waals surface area contributed by atoms with E-state index < -0.39 is 0 Å². The predicted octanol–water partition coefficient (Wildman–Crippen LogP) is 2.49. The molecule has 3 rings (SSSR count). The van der Waals surface area contributed by atoms with Crippen LogP contribution < -0.4 is 5.73 Å². The Labute approximate surface area is 105 Å². The molecule has 1 aliphatic carbocycles. The first-order chi connectivity index (χ1) is 8.70. The molecule has 5 heteroatoms. The standard InChI is InChI=1S/C13H17N3O2/c1-13(6-3-2-4-10(13)14)12-15-11(16-18-12)9-5-7-17-8-9/h5,7-8,10H,2-4,6,14H2,1H3. The summed E-state index contributed by atoms with van der Waals surface area (Å²) in [6.07, 6.45) is 7.56. The molecule has 2 unspecified atom stereocenters. The molecule has 1 fully saturated rings. The van der Waals surface area contributed by atoms with Crippen LogP contribution in [0.3, 0.4) is 0 Å². The summed E-state index contributed by atoms with van der Waals surface area (Å²) in [6, 6.07) is 1.90. The molecule has 0 bridgehead atoms. The summed E-state index contributed by atoms with van der Waals surface area (Å²) >= 11 is 0. The van der Waals surface area contributed by atoms with Crippen LogP contribution in [0.4, 0.5) is 0 Å². The first-order valence-electron chi connectivity index (χ1n) is 6.32. The van der Waals surface area contributed by atoms with Crippen molar-refractivity contribution >= 4 is 0 Å². The van der Waals surface area contributed by atoms with Crippen LogP contribution in [0.2, 0.25) is 0 Å². The minimum absolute atomic E-state index is 0.0869. The maximum Gasteiger partial charge on any atom is 0.234 e. The summed E-state index contributed by atoms with van der Waals surface area (Å²) in [5.41, 5.74) is 6.86. The van der Waals surface area contributed by atoms with Gasteiger partial charge in [0.15, 0.2) is 0 Å². The van der Waals surface area contributed by atoms with E-state index in [-0.39, 0.29) is 11.5 Å². The van der Waals surface area contributed by atoms with Crippen molar-refractivity contribution in [2.75, 3.05) is 0 Å². The van der Waals surface area contributed by atoms with Gasteiger partial charge in [0.25, 0.3) is 0 Å². The molecule has 18 heavy (non-hydrogen) atoms. The Kier molecular flexibility index (Phi) is 2.70. The summed E-state index contributed by atoms with van der Waals surface area (Å²) in [4.78, 5) is 4.48. The third kappa shape index (κ3) is 1.75. The first-order valence-corrected chi connectivity index (χ1v) is 6.32. The van der Waals surface area contributed by atoms with E-state index in [9.17, 15) is 0 Å². The van der Waals surface area contributed by atoms with E-state index in [0.29, 0.717) is 11.7 Å². The van der Waals surface area contributed by atoms with Crippen molar-refractivity contribution in [3.05, 3.63) is 24.5 Å². The fraction of sp³-hybridized carbons (Fsp3) is 0.538. The molecule has 0 saturated heterocycles. The summed E-state index contributed by atoms with van der Waals surface area (Å²) in [5, 5.41) is 4.01. The lowest BCUT2D eigenvalue weighted by atomic mass is 9.72. The molecule has 1 aliphatic rings. The van der Waals surface area contributed by atoms with Crippen LogP contribution in [0.15, 0.2) is 27.5 Å². The lowest BCUT2D eigenvalue weighted by Crippen LogP contribution is -2.45. The normalized spacial score (nSPS) is 28.4. The molecule has 5 nitrogen and oxygen atoms in total. The molecule has 2 heterocycles. The monoisotopic (exact) mass is 247 g/mol. The molecule has 1 saturated carbocycles. The molecule has 96 valence electrons. The van der Waals surface area contributed by atoms with Gasteiger partial charge in [-0.1, -0.05) is 18.0 Å². The van der Waals surface area contributed by atoms with Gasteiger partial charge in [-0.3, -0.25) is 0 Å². The number of nitrogens with two attached hydrogens (primary N) is 1. The first kappa shape index (κ1) is 11.5. The van der Waals surface area contributed by atoms with Crippen LogP contribution >= 0.6 is 0 Å². The molecule has 0 radical (unpaired) electrons. The lowest BCUT2D eigenvalue weighted by molar-refractivity contribution is 0.203. The van der Waals surface area contributed by atoms with Gasteiger partial charge in [0.1, 0.15) is 6.26 Å². The fourth-order valence-corrected chi connectivity index (χ4v) is 2.59. The van der Waals surface area contributed by atoms with Crippen molar-refractivity contribution in [3.63, 3.8) is 0 Å². The van der Waals surface area contributed by atoms with Crippen LogP contribution in [0.5, 0.6) is 0 Å². The maximum absolute atomic E-state index is 6.23. The summed E-state index contributed by atoms with van der Waals surface area (Å²) < 4.78 is 10.4. The maximum atomic E-state index is 6.23. The van der Waals surface area contributed by atoms with Crippen molar-refractivity contribution in [1.82, 2.24) is 10.1 Å². The van der Waals surface area contributed by atoms with E-state index in [4.69, 9.17) is 14.7 Å². The molecule has 2 N–H and O–H groups in total. The molecular weight excluding hydrogens is 230 g/mol. The van der Waals surface area contributed by atoms with Crippen LogP contribution in [0.25, 0.3) is 11.4 Å². The number of furan rings is 1. The van der Waals surface area contributed by atoms with Gasteiger partial charge in [0.2, 0.25) is 11.7 Å². The van der Waals surface area contributed by atoms with E-state index in [2.05, 4.69) is 17.1 Å². The summed E-state index contributed by atoms with van der Waals surface area (Å²) in [6.45, 7) is 2.11. The smallest absolute Gasteiger partial charge is 0.234 e. The van der Waals surface area contributed by atoms with Crippen molar-refractivity contribution in [2.45, 2.75) is 44.1 Å². The Morgan fingerprint density at radius 1 is 1.44 bits per heavy atom. The van der Waals surface area contributed by atoms with E-state index in [0.717, 1.165) is 24.8 Å². The van der Waals surface area contributed by atoms with Gasteiger partial charge in [-0.25, -0.2) is 0 Å². The second kappa shape index (κ2) is 4.24. The third-order valence-electron chi connectivity index (χ3n) is 3.97. The Balaban J connectivity index is 1.93. The van der Waals surface area contributed by atoms with E-state index in [1.807, 2.05) is 6.07 Å². The van der Waals surface area contributed by atoms with Gasteiger partial charge in [-0.05, 0) is 25.8 Å². The Hall–Kier alpha value is -1.62. The Bertz CT molecular complexity index is 520. The van der Waals surface area contributed by atoms with Crippen LogP contribution in [-0.4, -0.2) is 16.2 Å². The highest BCUT2D eigenvalue weighted by Gasteiger charge is 2.40. The number of rotatable bonds is 2. The minimum atomic E-state index is -0.201. The zero-order chi connectivity index (χ0) is 12.6. The second-order valence-electron chi connectivity index (χ2n) is 5.20. The van der Waals surface area contributed by atoms with Gasteiger partial charge >= 0.3 is 0 Å². The molecular formula is C13H17N3O2. The molecule has 2 aromatic rings. The average Bonchev–Trinajstić information content (AvgIpc) is 3.01. The molecule has 2 atom stereocenters. The summed E-state index contributed by atoms with van der Waals surface area (Å²) in [7, 11) is 0. The highest BCUT2D eigenvalue weighted by Crippen LogP contribution is 2.37. The predicted molar refractivity (Wildman–Crippen MR) is 65.8 cm³/mol. The molecule has 0 amide bonds. The Morgan fingerprint density at radius 3 is 3.06 bits per heavy atom. The molecule has 2 aromatic heterocycles. The van der Waals surface area contributed by atoms with Gasteiger partial charge in [-0.15, -0.1) is 0 Å². The third-order valence-corrected chi connectivity index (χ3v) is 3.97. The van der Waals surface area contributed by atoms with Crippen LogP contribution in [-0.2, 0) is 5.41 Å². The average molecular weight is 247 g/mol. The molecule has 0 aliphatic heterocycles. The van der Waals surface area contributed by atoms with Crippen LogP contribution in [0.1, 0.15) is 38.5 Å². The van der Waals surface area contributed by atoms with E-state index in [1.165, 1.54) is 6.42 Å². The quantitative estimate of drug-likeness (QED) is 0.882. The van der Waals surface area contributed by atoms with Crippen molar-refractivity contribution in [1.29, 1.82) is 0 Å². The lowest BCUT2D eigenvalue weighted by Gasteiger charge is -2.35. The topological polar surface area (TPSA) is 78.1 Å². The highest BCUT2D eigenvalue weighted by molar-refractivity contribution is 5.51. The molecule has 0 aromatic carbocycles. The zero-order valence-corrected chi connectivity index (χ0v) is 10.4. The van der Waals surface area contributed by atoms with Crippen molar-refractivity contribution in [2.24, 2.45) is 5.73 Å². The Morgan fingerprint density at radius 2 is 2.33 bits per heavy atom. The SMILES string of the molecule is CC1(c2nc(-c3ccoc3)no2)CCCCC1N. The number of nitrogens with zero attached hydrogens (tertiary/aromatic N) is 2. The summed E-state index contributed by atoms with van der Waals surface area (Å²) in [5.74, 6) is 1.21. The molecule has 0 spiro atoms. The highest BCUT2D eigenvalue weighted by atomic mass is 16.5. The van der Waals surface area contributed by atoms with Crippen LogP contribution in [0, 0.1) is 0 Å². The minimum Gasteiger partial charge on any atom is -0.472 e. The largest absolute Gasteiger partial charge is 0.472 e. The number of hydrogen-bond acceptors (Lipinski definition) is 5. The van der Waals surface area contributed by atoms with Gasteiger partial charge in [0.05, 0.1) is 17.2 Å². The van der Waals surface area contributed by atoms with Gasteiger partial charge in [0, 0.05) is 6.04 Å². The van der Waals surface area contributed by atoms with Crippen molar-refractivity contribution < 1.29 is 8.94 Å². The zero-order valence-electron chi connectivity index (χ0n) is 10.4. The second-order valence-corrected chi connectivity index (χ2v) is 5.20. The van der Waals surface area contributed by atoms with E-state index in [1.54, 1.807) is 12.5 Å². The number of hydrogen-bond donors (Lipinski definition) is 1. The number of aromatic nitrogens is 2. The van der Waals surface area contributed by atoms with Crippen molar-refractivity contribution in [3.8, 4) is 11.4 Å². The van der Waals surface area contributed by atoms with E-state index >= 15 is 0 Å². The van der Waals surface area contributed by atoms with Gasteiger partial charge < -0.3 is 14.7 Å². The van der Waals surface area contributed by atoms with Gasteiger partial charge in [-0.2, -0.15) is 4.98 Å².